The van der Waals surface area contributed by atoms with Crippen molar-refractivity contribution in [2.24, 2.45) is 0 Å². The van der Waals surface area contributed by atoms with Crippen molar-refractivity contribution in [1.29, 1.82) is 0 Å². The van der Waals surface area contributed by atoms with Gasteiger partial charge in [-0.3, -0.25) is 9.36 Å². The van der Waals surface area contributed by atoms with Crippen LogP contribution in [0, 0.1) is 0 Å². The van der Waals surface area contributed by atoms with E-state index in [1.807, 2.05) is 27.2 Å². The van der Waals surface area contributed by atoms with E-state index in [0.29, 0.717) is 23.9 Å². The number of phosphoric ester groups is 1. The number of nitrogens with one attached hydrogen (secondary N) is 1. The summed E-state index contributed by atoms with van der Waals surface area (Å²) in [5.74, 6) is -0.249. The molecule has 0 saturated carbocycles. The minimum Gasteiger partial charge on any atom is -0.756 e. The van der Waals surface area contributed by atoms with Gasteiger partial charge in [0.15, 0.2) is 0 Å². The van der Waals surface area contributed by atoms with Crippen LogP contribution in [0.15, 0.2) is 170 Å². The molecule has 0 heterocycles. The Morgan fingerprint density at radius 2 is 0.721 bits per heavy atom. The van der Waals surface area contributed by atoms with E-state index in [-0.39, 0.29) is 18.9 Å². The quantitative estimate of drug-likeness (QED) is 0.0272. The van der Waals surface area contributed by atoms with Crippen LogP contribution in [0.25, 0.3) is 0 Å². The fraction of sp³-hybridized carbons (Fsp3) is 0.623. The van der Waals surface area contributed by atoms with Crippen LogP contribution in [-0.4, -0.2) is 68.5 Å². The van der Waals surface area contributed by atoms with E-state index in [9.17, 15) is 19.4 Å². The monoisotopic (exact) mass is 1210 g/mol. The molecule has 0 aromatic heterocycles. The van der Waals surface area contributed by atoms with Gasteiger partial charge in [0.1, 0.15) is 13.2 Å². The number of hydrogen-bond donors (Lipinski definition) is 2. The average molecular weight is 1210 g/mol. The number of phosphoric acid groups is 1. The number of quaternary nitrogens is 1. The SMILES string of the molecule is CC/C=C\C/C=C\C/C=C\C/C=C\C/C=C\C/C=C\C/C=C\C/C=C\C/C=C\C/C=C\C/C=C\CCCCCC(=O)NC(COP(=O)([O-])OCC[N+](C)(C)C)C(O)/C=C/CC/C=C/CC/C=C/CCCCCCCCCCCCCCCCCCC. The molecule has 0 bridgehead atoms. The summed E-state index contributed by atoms with van der Waals surface area (Å²) < 4.78 is 23.4. The maximum absolute atomic E-state index is 13.0. The third kappa shape index (κ3) is 67.4. The molecule has 0 aliphatic heterocycles. The van der Waals surface area contributed by atoms with Gasteiger partial charge in [-0.2, -0.15) is 0 Å². The number of rotatable bonds is 61. The van der Waals surface area contributed by atoms with E-state index in [1.165, 1.54) is 116 Å². The number of carbonyl (C=O) groups excluding carboxylic acids is 1. The summed E-state index contributed by atoms with van der Waals surface area (Å²) >= 11 is 0. The first kappa shape index (κ1) is 81.9. The molecule has 8 nitrogen and oxygen atoms in total. The van der Waals surface area contributed by atoms with Crippen molar-refractivity contribution in [3.63, 3.8) is 0 Å². The van der Waals surface area contributed by atoms with Crippen LogP contribution < -0.4 is 10.2 Å². The van der Waals surface area contributed by atoms with E-state index in [0.717, 1.165) is 109 Å². The lowest BCUT2D eigenvalue weighted by atomic mass is 10.0. The van der Waals surface area contributed by atoms with Gasteiger partial charge in [-0.1, -0.05) is 293 Å². The summed E-state index contributed by atoms with van der Waals surface area (Å²) in [4.78, 5) is 25.6. The van der Waals surface area contributed by atoms with Crippen LogP contribution in [0.1, 0.15) is 258 Å². The Morgan fingerprint density at radius 3 is 1.08 bits per heavy atom. The highest BCUT2D eigenvalue weighted by atomic mass is 31.2. The van der Waals surface area contributed by atoms with Crippen LogP contribution in [0.4, 0.5) is 0 Å². The van der Waals surface area contributed by atoms with Crippen molar-refractivity contribution in [2.75, 3.05) is 40.9 Å². The molecule has 0 aromatic rings. The fourth-order valence-electron chi connectivity index (χ4n) is 9.07. The van der Waals surface area contributed by atoms with Crippen molar-refractivity contribution in [2.45, 2.75) is 270 Å². The molecular weight excluding hydrogens is 1080 g/mol. The van der Waals surface area contributed by atoms with Crippen molar-refractivity contribution in [3.8, 4) is 0 Å². The Morgan fingerprint density at radius 1 is 0.419 bits per heavy atom. The molecule has 0 aromatic carbocycles. The maximum Gasteiger partial charge on any atom is 0.268 e. The standard InChI is InChI=1S/C77H129N2O6P/c1-6-8-10-12-14-16-18-20-22-24-26-28-30-32-34-35-36-37-38-39-40-41-42-43-45-47-49-51-53-55-57-59-61-63-65-67-69-71-77(81)78-75(74-85-86(82,83)84-73-72-79(3,4)5)76(80)70-68-66-64-62-60-58-56-54-52-50-48-46-44-33-31-29-27-25-23-21-19-17-15-13-11-9-7-2/h8,10,14,16,20,22,26,28,32,34,36-37,39-40,42-43,47,49,52-55,59-62,68,70,75-76,80H,6-7,9,11-13,15,17-19,21,23-25,27,29-31,33,35,38,41,44-46,48,50-51,56-58,63-67,69,71-74H2,1-5H3,(H-,78,81,82,83)/b10-8-,16-14-,22-20-,28-26-,34-32-,37-36-,40-39-,43-42-,49-47-,54-52+,55-53-,61-59-,62-60+,70-68+. The van der Waals surface area contributed by atoms with Gasteiger partial charge >= 0.3 is 0 Å². The Labute approximate surface area is 530 Å². The number of unbranched alkanes of at least 4 members (excludes halogenated alkanes) is 22. The summed E-state index contributed by atoms with van der Waals surface area (Å²) in [7, 11) is 1.19. The number of aliphatic hydroxyl groups excluding tert-OH is 1. The van der Waals surface area contributed by atoms with Gasteiger partial charge in [-0.15, -0.1) is 0 Å². The van der Waals surface area contributed by atoms with Gasteiger partial charge in [0.2, 0.25) is 5.91 Å². The number of likely N-dealkylation sites (N-methyl/N-ethyl adjacent to an activating group) is 1. The van der Waals surface area contributed by atoms with Crippen LogP contribution in [0.3, 0.4) is 0 Å². The van der Waals surface area contributed by atoms with Gasteiger partial charge in [-0.25, -0.2) is 0 Å². The minimum atomic E-state index is -4.64. The molecule has 0 aliphatic rings. The van der Waals surface area contributed by atoms with Crippen molar-refractivity contribution in [1.82, 2.24) is 5.32 Å². The van der Waals surface area contributed by atoms with E-state index < -0.39 is 26.6 Å². The first-order valence-electron chi connectivity index (χ1n) is 34.5. The number of aliphatic hydroxyl groups is 1. The second-order valence-corrected chi connectivity index (χ2v) is 25.2. The minimum absolute atomic E-state index is 0.0253. The van der Waals surface area contributed by atoms with Gasteiger partial charge in [0, 0.05) is 6.42 Å². The lowest BCUT2D eigenvalue weighted by molar-refractivity contribution is -0.870. The average Bonchev–Trinajstić information content (AvgIpc) is 3.70. The lowest BCUT2D eigenvalue weighted by Crippen LogP contribution is -2.45. The topological polar surface area (TPSA) is 108 Å². The molecule has 0 aliphatic carbocycles. The summed E-state index contributed by atoms with van der Waals surface area (Å²) in [5, 5.41) is 13.9. The summed E-state index contributed by atoms with van der Waals surface area (Å²) in [6.07, 6.45) is 103. The molecule has 0 fully saturated rings. The molecule has 9 heteroatoms. The Kier molecular flexibility index (Phi) is 62.2. The second kappa shape index (κ2) is 65.3. The molecule has 0 rings (SSSR count). The zero-order valence-electron chi connectivity index (χ0n) is 55.7. The highest BCUT2D eigenvalue weighted by Crippen LogP contribution is 2.38. The van der Waals surface area contributed by atoms with E-state index in [2.05, 4.69) is 177 Å². The first-order chi connectivity index (χ1) is 42.0. The molecule has 1 amide bonds. The van der Waals surface area contributed by atoms with Crippen LogP contribution in [0.5, 0.6) is 0 Å². The normalized spacial score (nSPS) is 14.7. The number of allylic oxidation sites excluding steroid dienone is 27. The molecule has 488 valence electrons. The van der Waals surface area contributed by atoms with E-state index in [1.54, 1.807) is 6.08 Å². The molecule has 0 saturated heterocycles. The number of carbonyl (C=O) groups is 1. The second-order valence-electron chi connectivity index (χ2n) is 23.8. The predicted molar refractivity (Wildman–Crippen MR) is 375 cm³/mol. The molecule has 86 heavy (non-hydrogen) atoms. The highest BCUT2D eigenvalue weighted by molar-refractivity contribution is 7.45. The smallest absolute Gasteiger partial charge is 0.268 e. The Balaban J connectivity index is 4.30. The van der Waals surface area contributed by atoms with Crippen LogP contribution in [0.2, 0.25) is 0 Å². The lowest BCUT2D eigenvalue weighted by Gasteiger charge is -2.29. The van der Waals surface area contributed by atoms with Crippen LogP contribution in [-0.2, 0) is 18.4 Å². The zero-order chi connectivity index (χ0) is 62.6. The molecular formula is C77H129N2O6P. The van der Waals surface area contributed by atoms with E-state index >= 15 is 0 Å². The predicted octanol–water partition coefficient (Wildman–Crippen LogP) is 21.7. The molecule has 0 spiro atoms. The van der Waals surface area contributed by atoms with Gasteiger partial charge < -0.3 is 28.8 Å². The zero-order valence-corrected chi connectivity index (χ0v) is 56.6. The fourth-order valence-corrected chi connectivity index (χ4v) is 9.80. The number of amides is 1. The maximum atomic E-state index is 13.0. The van der Waals surface area contributed by atoms with Crippen molar-refractivity contribution >= 4 is 13.7 Å². The van der Waals surface area contributed by atoms with Crippen molar-refractivity contribution in [3.05, 3.63) is 170 Å². The Hall–Kier alpha value is -4.14. The first-order valence-corrected chi connectivity index (χ1v) is 36.0. The van der Waals surface area contributed by atoms with Gasteiger partial charge in [-0.05, 0) is 128 Å². The van der Waals surface area contributed by atoms with Crippen molar-refractivity contribution < 1.29 is 32.9 Å². The Bertz CT molecular complexity index is 2010. The summed E-state index contributed by atoms with van der Waals surface area (Å²) in [6, 6.07) is -0.943. The summed E-state index contributed by atoms with van der Waals surface area (Å²) in [6.45, 7) is 4.48. The summed E-state index contributed by atoms with van der Waals surface area (Å²) in [5.41, 5.74) is 0. The molecule has 2 N–H and O–H groups in total. The largest absolute Gasteiger partial charge is 0.756 e. The van der Waals surface area contributed by atoms with Crippen LogP contribution >= 0.6 is 7.82 Å². The van der Waals surface area contributed by atoms with Gasteiger partial charge in [0.05, 0.1) is 39.9 Å². The molecule has 3 atom stereocenters. The van der Waals surface area contributed by atoms with Gasteiger partial charge in [0.25, 0.3) is 7.82 Å². The number of hydrogen-bond acceptors (Lipinski definition) is 6. The highest BCUT2D eigenvalue weighted by Gasteiger charge is 2.23. The van der Waals surface area contributed by atoms with E-state index in [4.69, 9.17) is 9.05 Å². The molecule has 3 unspecified atom stereocenters. The molecule has 0 radical (unpaired) electrons. The third-order valence-corrected chi connectivity index (χ3v) is 15.4. The number of nitrogens with zero attached hydrogens (tertiary/aromatic N) is 1. The third-order valence-electron chi connectivity index (χ3n) is 14.4.